The SMILES string of the molecule is COc1ccc(C(=O)N2CCc3cc(S(=O)(=O)N4CCOCC4)ccc32)cc1OC. The number of fused-ring (bicyclic) bond motifs is 1. The highest BCUT2D eigenvalue weighted by Gasteiger charge is 2.30. The minimum atomic E-state index is -3.57. The zero-order chi connectivity index (χ0) is 21.3. The second kappa shape index (κ2) is 8.25. The number of anilines is 1. The Morgan fingerprint density at radius 2 is 1.70 bits per heavy atom. The van der Waals surface area contributed by atoms with E-state index >= 15 is 0 Å². The Hall–Kier alpha value is -2.62. The van der Waals surface area contributed by atoms with Gasteiger partial charge in [0.1, 0.15) is 0 Å². The lowest BCUT2D eigenvalue weighted by atomic mass is 10.1. The highest BCUT2D eigenvalue weighted by Crippen LogP contribution is 2.34. The highest BCUT2D eigenvalue weighted by atomic mass is 32.2. The summed E-state index contributed by atoms with van der Waals surface area (Å²) in [6, 6.07) is 10.0. The largest absolute Gasteiger partial charge is 0.493 e. The molecule has 4 rings (SSSR count). The quantitative estimate of drug-likeness (QED) is 0.718. The molecule has 0 aliphatic carbocycles. The van der Waals surface area contributed by atoms with E-state index < -0.39 is 10.0 Å². The number of ether oxygens (including phenoxy) is 3. The van der Waals surface area contributed by atoms with Crippen molar-refractivity contribution in [1.82, 2.24) is 4.31 Å². The van der Waals surface area contributed by atoms with Crippen LogP contribution in [0.5, 0.6) is 11.5 Å². The van der Waals surface area contributed by atoms with Gasteiger partial charge >= 0.3 is 0 Å². The first-order chi connectivity index (χ1) is 14.5. The zero-order valence-corrected chi connectivity index (χ0v) is 17.8. The van der Waals surface area contributed by atoms with Gasteiger partial charge in [0, 0.05) is 30.9 Å². The molecule has 2 heterocycles. The monoisotopic (exact) mass is 432 g/mol. The van der Waals surface area contributed by atoms with Crippen molar-refractivity contribution in [2.75, 3.05) is 52.0 Å². The van der Waals surface area contributed by atoms with Crippen LogP contribution in [0.15, 0.2) is 41.3 Å². The Balaban J connectivity index is 1.60. The average molecular weight is 432 g/mol. The lowest BCUT2D eigenvalue weighted by Gasteiger charge is -2.26. The Labute approximate surface area is 176 Å². The number of benzene rings is 2. The lowest BCUT2D eigenvalue weighted by Crippen LogP contribution is -2.40. The Morgan fingerprint density at radius 1 is 0.967 bits per heavy atom. The molecule has 30 heavy (non-hydrogen) atoms. The summed E-state index contributed by atoms with van der Waals surface area (Å²) in [5.41, 5.74) is 2.05. The maximum absolute atomic E-state index is 13.1. The first-order valence-corrected chi connectivity index (χ1v) is 11.1. The molecular formula is C21H24N2O6S. The van der Waals surface area contributed by atoms with Crippen molar-refractivity contribution >= 4 is 21.6 Å². The first kappa shape index (κ1) is 20.6. The molecule has 1 amide bonds. The molecule has 0 unspecified atom stereocenters. The van der Waals surface area contributed by atoms with Crippen LogP contribution in [0, 0.1) is 0 Å². The summed E-state index contributed by atoms with van der Waals surface area (Å²) in [7, 11) is -0.509. The van der Waals surface area contributed by atoms with Gasteiger partial charge in [-0.05, 0) is 48.4 Å². The molecule has 0 saturated carbocycles. The number of hydrogen-bond acceptors (Lipinski definition) is 6. The number of morpholine rings is 1. The normalized spacial score (nSPS) is 16.9. The van der Waals surface area contributed by atoms with Gasteiger partial charge in [-0.1, -0.05) is 0 Å². The summed E-state index contributed by atoms with van der Waals surface area (Å²) in [4.78, 5) is 15.0. The Morgan fingerprint density at radius 3 is 2.40 bits per heavy atom. The molecule has 160 valence electrons. The predicted octanol–water partition coefficient (Wildman–Crippen LogP) is 1.93. The van der Waals surface area contributed by atoms with E-state index in [1.807, 2.05) is 0 Å². The third-order valence-electron chi connectivity index (χ3n) is 5.43. The van der Waals surface area contributed by atoms with Crippen LogP contribution in [0.25, 0.3) is 0 Å². The van der Waals surface area contributed by atoms with Crippen LogP contribution in [-0.4, -0.2) is 65.7 Å². The minimum absolute atomic E-state index is 0.168. The topological polar surface area (TPSA) is 85.4 Å². The molecule has 9 heteroatoms. The van der Waals surface area contributed by atoms with Crippen LogP contribution in [0.1, 0.15) is 15.9 Å². The molecule has 2 aromatic carbocycles. The summed E-state index contributed by atoms with van der Waals surface area (Å²) in [6.45, 7) is 1.99. The summed E-state index contributed by atoms with van der Waals surface area (Å²) >= 11 is 0. The van der Waals surface area contributed by atoms with Gasteiger partial charge in [0.25, 0.3) is 5.91 Å². The average Bonchev–Trinajstić information content (AvgIpc) is 3.22. The second-order valence-corrected chi connectivity index (χ2v) is 9.02. The van der Waals surface area contributed by atoms with E-state index in [1.54, 1.807) is 48.4 Å². The van der Waals surface area contributed by atoms with Gasteiger partial charge in [-0.15, -0.1) is 0 Å². The van der Waals surface area contributed by atoms with Gasteiger partial charge in [0.15, 0.2) is 11.5 Å². The molecule has 0 atom stereocenters. The zero-order valence-electron chi connectivity index (χ0n) is 17.0. The van der Waals surface area contributed by atoms with Crippen molar-refractivity contribution < 1.29 is 27.4 Å². The molecule has 2 aliphatic rings. The molecule has 0 spiro atoms. The number of rotatable bonds is 5. The fourth-order valence-corrected chi connectivity index (χ4v) is 5.27. The van der Waals surface area contributed by atoms with Gasteiger partial charge in [-0.25, -0.2) is 8.42 Å². The van der Waals surface area contributed by atoms with Gasteiger partial charge in [0.2, 0.25) is 10.0 Å². The Bertz CT molecular complexity index is 1060. The molecule has 0 N–H and O–H groups in total. The van der Waals surface area contributed by atoms with Crippen molar-refractivity contribution in [2.24, 2.45) is 0 Å². The molecule has 2 aliphatic heterocycles. The van der Waals surface area contributed by atoms with E-state index in [0.717, 1.165) is 11.3 Å². The number of hydrogen-bond donors (Lipinski definition) is 0. The van der Waals surface area contributed by atoms with Crippen molar-refractivity contribution in [3.63, 3.8) is 0 Å². The summed E-state index contributed by atoms with van der Waals surface area (Å²) < 4.78 is 43.1. The van der Waals surface area contributed by atoms with Crippen molar-refractivity contribution in [3.8, 4) is 11.5 Å². The maximum Gasteiger partial charge on any atom is 0.258 e. The first-order valence-electron chi connectivity index (χ1n) is 9.70. The molecule has 0 bridgehead atoms. The number of nitrogens with zero attached hydrogens (tertiary/aromatic N) is 2. The summed E-state index contributed by atoms with van der Waals surface area (Å²) in [5.74, 6) is 0.863. The number of amides is 1. The number of carbonyl (C=O) groups is 1. The fraction of sp³-hybridized carbons (Fsp3) is 0.381. The molecule has 8 nitrogen and oxygen atoms in total. The summed E-state index contributed by atoms with van der Waals surface area (Å²) in [5, 5.41) is 0. The van der Waals surface area contributed by atoms with E-state index in [9.17, 15) is 13.2 Å². The van der Waals surface area contributed by atoms with Crippen molar-refractivity contribution in [2.45, 2.75) is 11.3 Å². The highest BCUT2D eigenvalue weighted by molar-refractivity contribution is 7.89. The van der Waals surface area contributed by atoms with E-state index in [1.165, 1.54) is 11.4 Å². The lowest BCUT2D eigenvalue weighted by molar-refractivity contribution is 0.0730. The van der Waals surface area contributed by atoms with Gasteiger partial charge in [-0.2, -0.15) is 4.31 Å². The van der Waals surface area contributed by atoms with E-state index in [0.29, 0.717) is 56.3 Å². The number of methoxy groups -OCH3 is 2. The molecule has 2 aromatic rings. The Kier molecular flexibility index (Phi) is 5.68. The number of carbonyl (C=O) groups excluding carboxylic acids is 1. The fourth-order valence-electron chi connectivity index (χ4n) is 3.81. The van der Waals surface area contributed by atoms with Crippen LogP contribution in [0.4, 0.5) is 5.69 Å². The molecular weight excluding hydrogens is 408 g/mol. The van der Waals surface area contributed by atoms with Gasteiger partial charge in [0.05, 0.1) is 32.3 Å². The van der Waals surface area contributed by atoms with Crippen molar-refractivity contribution in [1.29, 1.82) is 0 Å². The van der Waals surface area contributed by atoms with Crippen LogP contribution in [-0.2, 0) is 21.2 Å². The third-order valence-corrected chi connectivity index (χ3v) is 7.32. The summed E-state index contributed by atoms with van der Waals surface area (Å²) in [6.07, 6.45) is 0.598. The van der Waals surface area contributed by atoms with Crippen LogP contribution in [0.2, 0.25) is 0 Å². The van der Waals surface area contributed by atoms with Crippen LogP contribution < -0.4 is 14.4 Å². The predicted molar refractivity (Wildman–Crippen MR) is 111 cm³/mol. The van der Waals surface area contributed by atoms with Crippen molar-refractivity contribution in [3.05, 3.63) is 47.5 Å². The van der Waals surface area contributed by atoms with Crippen LogP contribution in [0.3, 0.4) is 0 Å². The van der Waals surface area contributed by atoms with Gasteiger partial charge < -0.3 is 19.1 Å². The molecule has 0 aromatic heterocycles. The third kappa shape index (κ3) is 3.64. The smallest absolute Gasteiger partial charge is 0.258 e. The van der Waals surface area contributed by atoms with E-state index in [4.69, 9.17) is 14.2 Å². The standard InChI is InChI=1S/C21H24N2O6S/c1-27-19-6-3-16(14-20(19)28-2)21(24)23-8-7-15-13-17(4-5-18(15)23)30(25,26)22-9-11-29-12-10-22/h3-6,13-14H,7-12H2,1-2H3. The van der Waals surface area contributed by atoms with Crippen LogP contribution >= 0.6 is 0 Å². The van der Waals surface area contributed by atoms with E-state index in [-0.39, 0.29) is 10.8 Å². The number of sulfonamides is 1. The molecule has 1 saturated heterocycles. The van der Waals surface area contributed by atoms with E-state index in [2.05, 4.69) is 0 Å². The molecule has 1 fully saturated rings. The molecule has 0 radical (unpaired) electrons. The maximum atomic E-state index is 13.1. The second-order valence-electron chi connectivity index (χ2n) is 7.08. The van der Waals surface area contributed by atoms with Gasteiger partial charge in [-0.3, -0.25) is 4.79 Å². The minimum Gasteiger partial charge on any atom is -0.493 e.